The van der Waals surface area contributed by atoms with Crippen molar-refractivity contribution in [2.45, 2.75) is 13.3 Å². The molecule has 0 bridgehead atoms. The molecule has 116 valence electrons. The number of hydrogen-bond donors (Lipinski definition) is 0. The van der Waals surface area contributed by atoms with E-state index in [0.29, 0.717) is 23.7 Å². The second kappa shape index (κ2) is 7.70. The minimum absolute atomic E-state index is 0.134. The first-order chi connectivity index (χ1) is 10.6. The van der Waals surface area contributed by atoms with E-state index in [9.17, 15) is 9.59 Å². The van der Waals surface area contributed by atoms with Crippen molar-refractivity contribution in [3.8, 4) is 11.3 Å². The number of aromatic nitrogens is 1. The normalized spacial score (nSPS) is 10.3. The van der Waals surface area contributed by atoms with Gasteiger partial charge < -0.3 is 9.64 Å². The van der Waals surface area contributed by atoms with Crippen LogP contribution in [0.1, 0.15) is 23.0 Å². The summed E-state index contributed by atoms with van der Waals surface area (Å²) in [5.41, 5.74) is 3.25. The number of rotatable bonds is 6. The first-order valence-corrected chi connectivity index (χ1v) is 7.91. The Hall–Kier alpha value is -2.21. The van der Waals surface area contributed by atoms with Crippen LogP contribution in [-0.2, 0) is 9.53 Å². The lowest BCUT2D eigenvalue weighted by atomic mass is 10.1. The van der Waals surface area contributed by atoms with Gasteiger partial charge in [0.15, 0.2) is 0 Å². The highest BCUT2D eigenvalue weighted by atomic mass is 32.1. The van der Waals surface area contributed by atoms with E-state index in [1.54, 1.807) is 19.5 Å². The lowest BCUT2D eigenvalue weighted by Gasteiger charge is -2.16. The first-order valence-electron chi connectivity index (χ1n) is 7.03. The molecule has 6 heteroatoms. The Kier molecular flexibility index (Phi) is 5.66. The van der Waals surface area contributed by atoms with Crippen molar-refractivity contribution in [1.82, 2.24) is 9.88 Å². The summed E-state index contributed by atoms with van der Waals surface area (Å²) in [4.78, 5) is 30.3. The van der Waals surface area contributed by atoms with Gasteiger partial charge >= 0.3 is 5.97 Å². The predicted octanol–water partition coefficient (Wildman–Crippen LogP) is 2.84. The summed E-state index contributed by atoms with van der Waals surface area (Å²) in [6, 6.07) is 9.58. The molecule has 1 heterocycles. The topological polar surface area (TPSA) is 59.5 Å². The van der Waals surface area contributed by atoms with Gasteiger partial charge in [0, 0.05) is 19.2 Å². The molecule has 2 rings (SSSR count). The minimum Gasteiger partial charge on any atom is -0.466 e. The Morgan fingerprint density at radius 2 is 2.00 bits per heavy atom. The molecule has 22 heavy (non-hydrogen) atoms. The van der Waals surface area contributed by atoms with E-state index in [1.165, 1.54) is 16.2 Å². The van der Waals surface area contributed by atoms with Crippen LogP contribution in [-0.4, -0.2) is 42.0 Å². The Balaban J connectivity index is 2.07. The highest BCUT2D eigenvalue weighted by Crippen LogP contribution is 2.26. The van der Waals surface area contributed by atoms with Crippen molar-refractivity contribution in [2.75, 3.05) is 20.2 Å². The Morgan fingerprint density at radius 3 is 2.68 bits per heavy atom. The molecular weight excluding hydrogens is 300 g/mol. The number of hydrogen-bond acceptors (Lipinski definition) is 5. The molecule has 0 fully saturated rings. The van der Waals surface area contributed by atoms with Gasteiger partial charge in [0.1, 0.15) is 4.88 Å². The van der Waals surface area contributed by atoms with E-state index in [1.807, 2.05) is 30.3 Å². The van der Waals surface area contributed by atoms with Crippen molar-refractivity contribution < 1.29 is 14.3 Å². The molecule has 0 aliphatic rings. The number of carbonyl (C=O) groups is 2. The van der Waals surface area contributed by atoms with Crippen molar-refractivity contribution >= 4 is 23.2 Å². The molecule has 0 spiro atoms. The fourth-order valence-corrected chi connectivity index (χ4v) is 2.77. The van der Waals surface area contributed by atoms with Crippen molar-refractivity contribution in [1.29, 1.82) is 0 Å². The number of amides is 1. The Labute approximate surface area is 133 Å². The number of nitrogens with zero attached hydrogens (tertiary/aromatic N) is 2. The maximum absolute atomic E-state index is 12.5. The summed E-state index contributed by atoms with van der Waals surface area (Å²) in [6.07, 6.45) is 0.190. The molecule has 1 aromatic heterocycles. The molecule has 0 saturated heterocycles. The third kappa shape index (κ3) is 3.92. The van der Waals surface area contributed by atoms with Crippen molar-refractivity contribution in [2.24, 2.45) is 0 Å². The predicted molar refractivity (Wildman–Crippen MR) is 85.8 cm³/mol. The zero-order valence-electron chi connectivity index (χ0n) is 12.6. The van der Waals surface area contributed by atoms with Crippen LogP contribution in [0.15, 0.2) is 35.8 Å². The van der Waals surface area contributed by atoms with Gasteiger partial charge in [-0.25, -0.2) is 4.98 Å². The molecule has 0 aliphatic heterocycles. The smallest absolute Gasteiger partial charge is 0.307 e. The van der Waals surface area contributed by atoms with E-state index in [-0.39, 0.29) is 18.3 Å². The van der Waals surface area contributed by atoms with Gasteiger partial charge in [0.2, 0.25) is 0 Å². The Morgan fingerprint density at radius 1 is 1.27 bits per heavy atom. The van der Waals surface area contributed by atoms with Crippen LogP contribution in [0.3, 0.4) is 0 Å². The summed E-state index contributed by atoms with van der Waals surface area (Å²) < 4.78 is 4.87. The monoisotopic (exact) mass is 318 g/mol. The lowest BCUT2D eigenvalue weighted by Crippen LogP contribution is -2.29. The fourth-order valence-electron chi connectivity index (χ4n) is 1.97. The number of benzene rings is 1. The van der Waals surface area contributed by atoms with Crippen LogP contribution in [0.2, 0.25) is 0 Å². The van der Waals surface area contributed by atoms with Gasteiger partial charge in [0.25, 0.3) is 5.91 Å². The summed E-state index contributed by atoms with van der Waals surface area (Å²) in [5, 5.41) is 0. The van der Waals surface area contributed by atoms with Crippen molar-refractivity contribution in [3.05, 3.63) is 40.7 Å². The van der Waals surface area contributed by atoms with E-state index in [4.69, 9.17) is 4.74 Å². The van der Waals surface area contributed by atoms with E-state index >= 15 is 0 Å². The number of esters is 1. The van der Waals surface area contributed by atoms with E-state index in [0.717, 1.165) is 5.56 Å². The maximum Gasteiger partial charge on any atom is 0.307 e. The summed E-state index contributed by atoms with van der Waals surface area (Å²) in [5.74, 6) is -0.430. The van der Waals surface area contributed by atoms with Gasteiger partial charge in [-0.15, -0.1) is 11.3 Å². The van der Waals surface area contributed by atoms with Crippen LogP contribution in [0.25, 0.3) is 11.3 Å². The van der Waals surface area contributed by atoms with Gasteiger partial charge in [-0.05, 0) is 6.92 Å². The van der Waals surface area contributed by atoms with Gasteiger partial charge in [-0.1, -0.05) is 30.3 Å². The third-order valence-corrected chi connectivity index (χ3v) is 3.93. The second-order valence-corrected chi connectivity index (χ2v) is 5.53. The standard InChI is InChI=1S/C16H18N2O3S/c1-3-21-13(19)9-10-18(2)16(20)15-14(17-11-22-15)12-7-5-4-6-8-12/h4-8,11H,3,9-10H2,1-2H3. The summed E-state index contributed by atoms with van der Waals surface area (Å²) >= 11 is 1.31. The van der Waals surface area contributed by atoms with Crippen LogP contribution in [0.4, 0.5) is 0 Å². The summed E-state index contributed by atoms with van der Waals surface area (Å²) in [7, 11) is 1.68. The van der Waals surface area contributed by atoms with Gasteiger partial charge in [-0.2, -0.15) is 0 Å². The first kappa shape index (κ1) is 16.2. The third-order valence-electron chi connectivity index (χ3n) is 3.11. The maximum atomic E-state index is 12.5. The van der Waals surface area contributed by atoms with E-state index in [2.05, 4.69) is 4.98 Å². The van der Waals surface area contributed by atoms with Crippen LogP contribution in [0.5, 0.6) is 0 Å². The number of thiazole rings is 1. The van der Waals surface area contributed by atoms with Gasteiger partial charge in [-0.3, -0.25) is 9.59 Å². The zero-order chi connectivity index (χ0) is 15.9. The van der Waals surface area contributed by atoms with Crippen LogP contribution in [0, 0.1) is 0 Å². The van der Waals surface area contributed by atoms with Crippen molar-refractivity contribution in [3.63, 3.8) is 0 Å². The van der Waals surface area contributed by atoms with Gasteiger partial charge in [0.05, 0.1) is 24.2 Å². The molecule has 0 atom stereocenters. The molecule has 0 aliphatic carbocycles. The molecule has 5 nitrogen and oxygen atoms in total. The highest BCUT2D eigenvalue weighted by Gasteiger charge is 2.20. The largest absolute Gasteiger partial charge is 0.466 e. The van der Waals surface area contributed by atoms with E-state index < -0.39 is 0 Å². The number of ether oxygens (including phenoxy) is 1. The molecule has 1 aromatic carbocycles. The average Bonchev–Trinajstić information content (AvgIpc) is 3.02. The molecule has 0 N–H and O–H groups in total. The molecule has 0 unspecified atom stereocenters. The highest BCUT2D eigenvalue weighted by molar-refractivity contribution is 7.12. The molecule has 0 saturated carbocycles. The quantitative estimate of drug-likeness (QED) is 0.769. The average molecular weight is 318 g/mol. The van der Waals surface area contributed by atoms with Crippen LogP contribution < -0.4 is 0 Å². The number of carbonyl (C=O) groups excluding carboxylic acids is 2. The zero-order valence-corrected chi connectivity index (χ0v) is 13.4. The SMILES string of the molecule is CCOC(=O)CCN(C)C(=O)c1scnc1-c1ccccc1. The summed E-state index contributed by atoms with van der Waals surface area (Å²) in [6.45, 7) is 2.43. The molecule has 2 aromatic rings. The fraction of sp³-hybridized carbons (Fsp3) is 0.312. The Bertz CT molecular complexity index is 640. The molecule has 1 amide bonds. The van der Waals surface area contributed by atoms with Crippen LogP contribution >= 0.6 is 11.3 Å². The minimum atomic E-state index is -0.297. The lowest BCUT2D eigenvalue weighted by molar-refractivity contribution is -0.143. The second-order valence-electron chi connectivity index (χ2n) is 4.68. The molecule has 0 radical (unpaired) electrons. The molecular formula is C16H18N2O3S.